The van der Waals surface area contributed by atoms with Crippen LogP contribution in [-0.4, -0.2) is 28.6 Å². The molecule has 0 atom stereocenters. The summed E-state index contributed by atoms with van der Waals surface area (Å²) in [7, 11) is 4.10. The van der Waals surface area contributed by atoms with Gasteiger partial charge in [0, 0.05) is 0 Å². The van der Waals surface area contributed by atoms with E-state index in [1.807, 2.05) is 14.1 Å². The van der Waals surface area contributed by atoms with Crippen LogP contribution in [0.3, 0.4) is 0 Å². The van der Waals surface area contributed by atoms with Crippen LogP contribution >= 0.6 is 0 Å². The fourth-order valence-electron chi connectivity index (χ4n) is 2.90. The Hall–Kier alpha value is -2.59. The number of nitrogens with zero attached hydrogens (tertiary/aromatic N) is 1. The maximum atomic E-state index is 3.46. The van der Waals surface area contributed by atoms with Crippen molar-refractivity contribution in [1.29, 1.82) is 0 Å². The molecule has 0 amide bonds. The Morgan fingerprint density at radius 1 is 0.680 bits per heavy atom. The van der Waals surface area contributed by atoms with Gasteiger partial charge in [-0.05, 0) is 0 Å². The zero-order chi connectivity index (χ0) is 17.2. The first-order valence-corrected chi connectivity index (χ1v) is 9.97. The summed E-state index contributed by atoms with van der Waals surface area (Å²) in [5, 5.41) is 2.58. The summed E-state index contributed by atoms with van der Waals surface area (Å²) in [5.74, 6) is 6.83. The van der Waals surface area contributed by atoms with Crippen molar-refractivity contribution in [2.45, 2.75) is 0 Å². The Morgan fingerprint density at radius 3 is 1.80 bits per heavy atom. The van der Waals surface area contributed by atoms with Crippen molar-refractivity contribution in [2.24, 2.45) is 0 Å². The van der Waals surface area contributed by atoms with E-state index < -0.39 is 0 Å². The molecule has 0 saturated carbocycles. The summed E-state index contributed by atoms with van der Waals surface area (Å²) in [6.45, 7) is 0. The summed E-state index contributed by atoms with van der Waals surface area (Å²) in [6.07, 6.45) is 0. The molecule has 0 spiro atoms. The number of anilines is 1. The van der Waals surface area contributed by atoms with Crippen molar-refractivity contribution < 1.29 is 0 Å². The Balaban J connectivity index is 1.88. The van der Waals surface area contributed by atoms with Gasteiger partial charge in [-0.25, -0.2) is 0 Å². The maximum absolute atomic E-state index is 3.46. The molecular formula is C23H18NSe+. The van der Waals surface area contributed by atoms with Crippen molar-refractivity contribution in [2.75, 3.05) is 19.0 Å². The van der Waals surface area contributed by atoms with Crippen LogP contribution in [0.2, 0.25) is 0 Å². The van der Waals surface area contributed by atoms with Crippen LogP contribution < -0.4 is 4.90 Å². The Labute approximate surface area is 154 Å². The molecule has 1 nitrogen and oxygen atoms in total. The van der Waals surface area contributed by atoms with Crippen LogP contribution in [0.5, 0.6) is 0 Å². The molecule has 2 heteroatoms. The summed E-state index contributed by atoms with van der Waals surface area (Å²) in [4.78, 5) is 2.10. The van der Waals surface area contributed by atoms with Crippen molar-refractivity contribution in [1.82, 2.24) is 0 Å². The number of hydrogen-bond donors (Lipinski definition) is 0. The second-order valence-electron chi connectivity index (χ2n) is 6.16. The van der Waals surface area contributed by atoms with Crippen LogP contribution in [0.1, 0.15) is 11.1 Å². The van der Waals surface area contributed by atoms with E-state index in [-0.39, 0.29) is 0 Å². The summed E-state index contributed by atoms with van der Waals surface area (Å²) >= 11 is 0.353. The molecule has 0 bridgehead atoms. The first-order valence-electron chi connectivity index (χ1n) is 8.25. The van der Waals surface area contributed by atoms with E-state index in [2.05, 4.69) is 89.5 Å². The van der Waals surface area contributed by atoms with E-state index >= 15 is 0 Å². The van der Waals surface area contributed by atoms with Crippen LogP contribution in [-0.2, 0) is 0 Å². The zero-order valence-corrected chi connectivity index (χ0v) is 16.0. The van der Waals surface area contributed by atoms with Gasteiger partial charge in [-0.15, -0.1) is 0 Å². The molecule has 0 unspecified atom stereocenters. The molecule has 3 aromatic carbocycles. The number of fused-ring (bicyclic) bond motifs is 2. The molecule has 120 valence electrons. The summed E-state index contributed by atoms with van der Waals surface area (Å²) in [5.41, 5.74) is 3.38. The molecule has 4 aromatic rings. The first-order chi connectivity index (χ1) is 12.2. The van der Waals surface area contributed by atoms with E-state index in [0.29, 0.717) is 14.5 Å². The Morgan fingerprint density at radius 2 is 1.24 bits per heavy atom. The van der Waals surface area contributed by atoms with Crippen LogP contribution in [0.25, 0.3) is 19.3 Å². The van der Waals surface area contributed by atoms with E-state index in [0.717, 1.165) is 11.1 Å². The molecule has 1 heterocycles. The fraction of sp³-hybridized carbons (Fsp3) is 0.0870. The van der Waals surface area contributed by atoms with Gasteiger partial charge in [-0.3, -0.25) is 0 Å². The molecule has 0 aliphatic heterocycles. The van der Waals surface area contributed by atoms with Gasteiger partial charge in [-0.1, -0.05) is 0 Å². The normalized spacial score (nSPS) is 10.5. The van der Waals surface area contributed by atoms with Gasteiger partial charge in [0.25, 0.3) is 0 Å². The van der Waals surface area contributed by atoms with Gasteiger partial charge >= 0.3 is 154 Å². The van der Waals surface area contributed by atoms with Crippen molar-refractivity contribution in [3.05, 3.63) is 83.9 Å². The minimum absolute atomic E-state index is 0.353. The van der Waals surface area contributed by atoms with E-state index in [1.165, 1.54) is 25.0 Å². The second-order valence-corrected chi connectivity index (χ2v) is 8.43. The summed E-state index contributed by atoms with van der Waals surface area (Å²) in [6, 6.07) is 25.7. The molecule has 0 fully saturated rings. The molecule has 0 saturated heterocycles. The van der Waals surface area contributed by atoms with Gasteiger partial charge in [0.05, 0.1) is 0 Å². The first kappa shape index (κ1) is 15.9. The van der Waals surface area contributed by atoms with Gasteiger partial charge in [-0.2, -0.15) is 0 Å². The topological polar surface area (TPSA) is 3.24 Å². The van der Waals surface area contributed by atoms with Crippen molar-refractivity contribution in [3.63, 3.8) is 0 Å². The predicted molar refractivity (Wildman–Crippen MR) is 110 cm³/mol. The number of rotatable bonds is 1. The number of hydrogen-bond acceptors (Lipinski definition) is 1. The SMILES string of the molecule is CN(C)c1ccc(C#Cc2c3ccccc3[se+]c3ccccc23)cc1. The van der Waals surface area contributed by atoms with Crippen LogP contribution in [0.15, 0.2) is 72.8 Å². The van der Waals surface area contributed by atoms with Gasteiger partial charge in [0.2, 0.25) is 0 Å². The molecule has 0 N–H and O–H groups in total. The molecular weight excluding hydrogens is 369 g/mol. The van der Waals surface area contributed by atoms with Gasteiger partial charge in [0.15, 0.2) is 0 Å². The van der Waals surface area contributed by atoms with Crippen LogP contribution in [0, 0.1) is 11.8 Å². The van der Waals surface area contributed by atoms with E-state index in [1.54, 1.807) is 0 Å². The fourth-order valence-corrected chi connectivity index (χ4v) is 5.19. The van der Waals surface area contributed by atoms with Crippen molar-refractivity contribution >= 4 is 39.5 Å². The average molecular weight is 387 g/mol. The third-order valence-corrected chi connectivity index (χ3v) is 6.66. The molecule has 0 aliphatic carbocycles. The standard InChI is InChI=1S/C23H18NSe/c1-24(2)18-14-11-17(12-15-18)13-16-19-20-7-3-5-9-22(20)25-23-10-6-4-8-21(19)23/h3-12,14-15H,1-2H3/q+1. The molecule has 25 heavy (non-hydrogen) atoms. The monoisotopic (exact) mass is 388 g/mol. The Bertz CT molecular complexity index is 1060. The van der Waals surface area contributed by atoms with Crippen molar-refractivity contribution in [3.8, 4) is 11.8 Å². The molecule has 0 aliphatic rings. The third kappa shape index (κ3) is 3.17. The van der Waals surface area contributed by atoms with Gasteiger partial charge in [0.1, 0.15) is 0 Å². The molecule has 4 rings (SSSR count). The molecule has 0 radical (unpaired) electrons. The molecule has 1 aromatic heterocycles. The average Bonchev–Trinajstić information content (AvgIpc) is 2.65. The van der Waals surface area contributed by atoms with E-state index in [4.69, 9.17) is 0 Å². The Kier molecular flexibility index (Phi) is 4.28. The minimum atomic E-state index is 0.353. The van der Waals surface area contributed by atoms with Gasteiger partial charge < -0.3 is 0 Å². The zero-order valence-electron chi connectivity index (χ0n) is 14.3. The predicted octanol–water partition coefficient (Wildman–Crippen LogP) is 4.80. The van der Waals surface area contributed by atoms with Crippen LogP contribution in [0.4, 0.5) is 5.69 Å². The summed E-state index contributed by atoms with van der Waals surface area (Å²) < 4.78 is 2.84. The number of benzene rings is 3. The quantitative estimate of drug-likeness (QED) is 0.258. The second kappa shape index (κ2) is 6.73. The van der Waals surface area contributed by atoms with E-state index in [9.17, 15) is 0 Å². The third-order valence-electron chi connectivity index (χ3n) is 4.25.